The zero-order valence-electron chi connectivity index (χ0n) is 9.66. The average molecular weight is 259 g/mol. The lowest BCUT2D eigenvalue weighted by molar-refractivity contribution is 0.101. The number of ketones is 1. The molecule has 1 aromatic rings. The molecular weight excluding hydrogens is 245 g/mol. The quantitative estimate of drug-likeness (QED) is 0.824. The van der Waals surface area contributed by atoms with E-state index in [4.69, 9.17) is 0 Å². The second kappa shape index (κ2) is 5.27. The van der Waals surface area contributed by atoms with Crippen LogP contribution in [0.1, 0.15) is 30.6 Å². The largest absolute Gasteiger partial charge is 0.295 e. The van der Waals surface area contributed by atoms with Crippen molar-refractivity contribution in [2.45, 2.75) is 20.3 Å². The summed E-state index contributed by atoms with van der Waals surface area (Å²) in [6.45, 7) is 3.04. The molecule has 0 fully saturated rings. The van der Waals surface area contributed by atoms with E-state index in [-0.39, 0.29) is 22.8 Å². The van der Waals surface area contributed by atoms with Crippen molar-refractivity contribution in [2.24, 2.45) is 0 Å². The Labute approximate surface area is 99.9 Å². The van der Waals surface area contributed by atoms with Gasteiger partial charge in [0.15, 0.2) is 5.78 Å². The Balaban J connectivity index is 3.06. The molecule has 0 heterocycles. The van der Waals surface area contributed by atoms with Gasteiger partial charge in [0.05, 0.1) is 11.4 Å². The zero-order valence-corrected chi connectivity index (χ0v) is 10.5. The van der Waals surface area contributed by atoms with Crippen molar-refractivity contribution in [3.05, 3.63) is 29.6 Å². The monoisotopic (exact) mass is 259 g/mol. The van der Waals surface area contributed by atoms with Crippen LogP contribution < -0.4 is 4.72 Å². The van der Waals surface area contributed by atoms with E-state index in [1.54, 1.807) is 6.92 Å². The summed E-state index contributed by atoms with van der Waals surface area (Å²) < 4.78 is 38.4. The molecule has 0 bridgehead atoms. The number of halogens is 1. The predicted octanol–water partition coefficient (Wildman–Crippen LogP) is 2.18. The summed E-state index contributed by atoms with van der Waals surface area (Å²) in [6.07, 6.45) is 0.434. The van der Waals surface area contributed by atoms with Crippen molar-refractivity contribution < 1.29 is 17.6 Å². The summed E-state index contributed by atoms with van der Waals surface area (Å²) in [4.78, 5) is 11.1. The van der Waals surface area contributed by atoms with Crippen LogP contribution in [0.25, 0.3) is 0 Å². The van der Waals surface area contributed by atoms with Crippen LogP contribution in [0.3, 0.4) is 0 Å². The van der Waals surface area contributed by atoms with Gasteiger partial charge in [-0.3, -0.25) is 9.52 Å². The molecule has 4 nitrogen and oxygen atoms in total. The standard InChI is InChI=1S/C11H14FNO3S/c1-3-6-17(15,16)13-11-7-9(8(2)14)4-5-10(11)12/h4-5,7,13H,3,6H2,1-2H3. The molecule has 0 saturated heterocycles. The summed E-state index contributed by atoms with van der Waals surface area (Å²) in [5.41, 5.74) is 0.0757. The van der Waals surface area contributed by atoms with E-state index < -0.39 is 15.8 Å². The van der Waals surface area contributed by atoms with Crippen molar-refractivity contribution in [1.29, 1.82) is 0 Å². The first-order chi connectivity index (χ1) is 7.85. The van der Waals surface area contributed by atoms with E-state index in [1.807, 2.05) is 0 Å². The number of rotatable bonds is 5. The Hall–Kier alpha value is -1.43. The van der Waals surface area contributed by atoms with Crippen molar-refractivity contribution >= 4 is 21.5 Å². The third-order valence-corrected chi connectivity index (χ3v) is 3.59. The van der Waals surface area contributed by atoms with Gasteiger partial charge >= 0.3 is 0 Å². The smallest absolute Gasteiger partial charge is 0.232 e. The van der Waals surface area contributed by atoms with Crippen LogP contribution in [0.4, 0.5) is 10.1 Å². The first kappa shape index (κ1) is 13.6. The maximum absolute atomic E-state index is 13.4. The number of hydrogen-bond acceptors (Lipinski definition) is 3. The minimum absolute atomic E-state index is 0.0866. The number of Topliss-reactive ketones (excluding diaryl/α,β-unsaturated/α-hetero) is 1. The molecule has 0 radical (unpaired) electrons. The highest BCUT2D eigenvalue weighted by Gasteiger charge is 2.13. The Morgan fingerprint density at radius 3 is 2.59 bits per heavy atom. The molecule has 1 N–H and O–H groups in total. The average Bonchev–Trinajstić information content (AvgIpc) is 2.20. The molecule has 0 aromatic heterocycles. The van der Waals surface area contributed by atoms with Gasteiger partial charge in [-0.05, 0) is 31.5 Å². The highest BCUT2D eigenvalue weighted by atomic mass is 32.2. The highest BCUT2D eigenvalue weighted by molar-refractivity contribution is 7.92. The van der Waals surface area contributed by atoms with Crippen molar-refractivity contribution in [2.75, 3.05) is 10.5 Å². The summed E-state index contributed by atoms with van der Waals surface area (Å²) in [7, 11) is -3.55. The first-order valence-corrected chi connectivity index (χ1v) is 6.82. The van der Waals surface area contributed by atoms with Gasteiger partial charge in [0.25, 0.3) is 0 Å². The molecule has 17 heavy (non-hydrogen) atoms. The topological polar surface area (TPSA) is 63.2 Å². The van der Waals surface area contributed by atoms with Crippen LogP contribution in [0, 0.1) is 5.82 Å². The minimum Gasteiger partial charge on any atom is -0.295 e. The lowest BCUT2D eigenvalue weighted by Gasteiger charge is -2.08. The molecule has 1 aromatic carbocycles. The fraction of sp³-hybridized carbons (Fsp3) is 0.364. The van der Waals surface area contributed by atoms with Gasteiger partial charge in [-0.1, -0.05) is 6.92 Å². The first-order valence-electron chi connectivity index (χ1n) is 5.16. The van der Waals surface area contributed by atoms with Gasteiger partial charge < -0.3 is 0 Å². The Bertz CT molecular complexity index is 526. The van der Waals surface area contributed by atoms with Crippen molar-refractivity contribution in [1.82, 2.24) is 0 Å². The lowest BCUT2D eigenvalue weighted by atomic mass is 10.1. The zero-order chi connectivity index (χ0) is 13.1. The normalized spacial score (nSPS) is 11.2. The molecule has 0 aliphatic carbocycles. The van der Waals surface area contributed by atoms with Gasteiger partial charge in [0.2, 0.25) is 10.0 Å². The fourth-order valence-electron chi connectivity index (χ4n) is 1.31. The number of hydrogen-bond donors (Lipinski definition) is 1. The molecule has 6 heteroatoms. The van der Waals surface area contributed by atoms with E-state index in [1.165, 1.54) is 19.1 Å². The predicted molar refractivity (Wildman–Crippen MR) is 64.1 cm³/mol. The highest BCUT2D eigenvalue weighted by Crippen LogP contribution is 2.18. The Morgan fingerprint density at radius 1 is 1.41 bits per heavy atom. The summed E-state index contributed by atoms with van der Waals surface area (Å²) in [5, 5.41) is 0. The molecule has 0 saturated carbocycles. The summed E-state index contributed by atoms with van der Waals surface area (Å²) >= 11 is 0. The molecule has 0 amide bonds. The van der Waals surface area contributed by atoms with Gasteiger partial charge in [-0.25, -0.2) is 12.8 Å². The fourth-order valence-corrected chi connectivity index (χ4v) is 2.44. The second-order valence-electron chi connectivity index (χ2n) is 3.67. The maximum Gasteiger partial charge on any atom is 0.232 e. The number of anilines is 1. The molecule has 1 rings (SSSR count). The number of benzene rings is 1. The van der Waals surface area contributed by atoms with Gasteiger partial charge in [-0.15, -0.1) is 0 Å². The number of sulfonamides is 1. The van der Waals surface area contributed by atoms with Crippen LogP contribution in [-0.4, -0.2) is 20.0 Å². The molecule has 94 valence electrons. The Morgan fingerprint density at radius 2 is 2.06 bits per heavy atom. The number of carbonyl (C=O) groups is 1. The molecular formula is C11H14FNO3S. The van der Waals surface area contributed by atoms with Gasteiger partial charge in [0, 0.05) is 5.56 Å². The van der Waals surface area contributed by atoms with Crippen LogP contribution in [0.15, 0.2) is 18.2 Å². The van der Waals surface area contributed by atoms with Crippen molar-refractivity contribution in [3.8, 4) is 0 Å². The van der Waals surface area contributed by atoms with Crippen molar-refractivity contribution in [3.63, 3.8) is 0 Å². The molecule has 0 atom stereocenters. The molecule has 0 spiro atoms. The van der Waals surface area contributed by atoms with E-state index in [0.29, 0.717) is 6.42 Å². The lowest BCUT2D eigenvalue weighted by Crippen LogP contribution is -2.17. The number of carbonyl (C=O) groups excluding carboxylic acids is 1. The van der Waals surface area contributed by atoms with E-state index in [2.05, 4.69) is 4.72 Å². The summed E-state index contributed by atoms with van der Waals surface area (Å²) in [6, 6.07) is 3.58. The van der Waals surface area contributed by atoms with Crippen LogP contribution in [-0.2, 0) is 10.0 Å². The van der Waals surface area contributed by atoms with Gasteiger partial charge in [0.1, 0.15) is 5.82 Å². The third-order valence-electron chi connectivity index (χ3n) is 2.11. The minimum atomic E-state index is -3.55. The molecule has 0 aliphatic heterocycles. The van der Waals surface area contributed by atoms with Gasteiger partial charge in [-0.2, -0.15) is 0 Å². The van der Waals surface area contributed by atoms with Crippen LogP contribution in [0.2, 0.25) is 0 Å². The second-order valence-corrected chi connectivity index (χ2v) is 5.51. The Kier molecular flexibility index (Phi) is 4.22. The van der Waals surface area contributed by atoms with E-state index in [0.717, 1.165) is 6.07 Å². The molecule has 0 unspecified atom stereocenters. The number of nitrogens with one attached hydrogen (secondary N) is 1. The maximum atomic E-state index is 13.4. The SMILES string of the molecule is CCCS(=O)(=O)Nc1cc(C(C)=O)ccc1F. The molecule has 0 aliphatic rings. The van der Waals surface area contributed by atoms with Crippen LogP contribution in [0.5, 0.6) is 0 Å². The van der Waals surface area contributed by atoms with E-state index >= 15 is 0 Å². The van der Waals surface area contributed by atoms with Crippen LogP contribution >= 0.6 is 0 Å². The summed E-state index contributed by atoms with van der Waals surface area (Å²) in [5.74, 6) is -1.04. The van der Waals surface area contributed by atoms with E-state index in [9.17, 15) is 17.6 Å². The third kappa shape index (κ3) is 3.81.